The number of hydrogen-bond donors (Lipinski definition) is 1. The Kier molecular flexibility index (Phi) is 7.51. The molecule has 0 spiro atoms. The monoisotopic (exact) mass is 694 g/mol. The lowest BCUT2D eigenvalue weighted by Crippen LogP contribution is -1.95. The summed E-state index contributed by atoms with van der Waals surface area (Å²) in [5.74, 6) is 0. The Balaban J connectivity index is 1.01. The first kappa shape index (κ1) is 31.6. The number of hydrogen-bond acceptors (Lipinski definition) is 5. The minimum Gasteiger partial charge on any atom is -0.456 e. The second kappa shape index (κ2) is 12.8. The number of nitrogens with two attached hydrogens (primary N) is 1. The maximum atomic E-state index is 6.60. The Morgan fingerprint density at radius 2 is 1.06 bits per heavy atom. The molecule has 0 aliphatic carbocycles. The predicted octanol–water partition coefficient (Wildman–Crippen LogP) is 12.9. The van der Waals surface area contributed by atoms with Crippen LogP contribution in [0.1, 0.15) is 18.9 Å². The van der Waals surface area contributed by atoms with Crippen LogP contribution in [-0.4, -0.2) is 15.0 Å². The average molecular weight is 695 g/mol. The number of nitrogen functional groups attached to an aromatic ring is 1. The smallest absolute Gasteiger partial charge is 0.135 e. The van der Waals surface area contributed by atoms with Gasteiger partial charge in [-0.3, -0.25) is 4.98 Å². The summed E-state index contributed by atoms with van der Waals surface area (Å²) in [6.45, 7) is 2.12. The Bertz CT molecular complexity index is 3120. The molecule has 0 saturated carbocycles. The molecule has 10 aromatic rings. The van der Waals surface area contributed by atoms with E-state index in [4.69, 9.17) is 20.1 Å². The van der Waals surface area contributed by atoms with Crippen LogP contribution >= 0.6 is 0 Å². The van der Waals surface area contributed by atoms with Gasteiger partial charge in [-0.1, -0.05) is 110 Å². The summed E-state index contributed by atoms with van der Waals surface area (Å²) in [6.07, 6.45) is 6.97. The van der Waals surface area contributed by atoms with Gasteiger partial charge in [0.2, 0.25) is 0 Å². The molecule has 0 fully saturated rings. The van der Waals surface area contributed by atoms with Crippen LogP contribution in [0.5, 0.6) is 0 Å². The third-order valence-corrected chi connectivity index (χ3v) is 10.4. The number of rotatable bonds is 6. The summed E-state index contributed by atoms with van der Waals surface area (Å²) in [7, 11) is 0. The van der Waals surface area contributed by atoms with Crippen LogP contribution < -0.4 is 5.73 Å². The minimum atomic E-state index is 0.704. The molecule has 4 heterocycles. The van der Waals surface area contributed by atoms with Crippen LogP contribution in [0.15, 0.2) is 162 Å². The van der Waals surface area contributed by atoms with Crippen molar-refractivity contribution in [3.8, 4) is 44.8 Å². The first-order valence-corrected chi connectivity index (χ1v) is 18.3. The quantitative estimate of drug-likeness (QED) is 0.138. The van der Waals surface area contributed by atoms with E-state index in [-0.39, 0.29) is 0 Å². The first-order valence-electron chi connectivity index (χ1n) is 18.3. The molecule has 0 atom stereocenters. The number of nitrogens with zero attached hydrogens (tertiary/aromatic N) is 3. The fraction of sp³-hybridized carbons (Fsp3) is 0.0408. The average Bonchev–Trinajstić information content (AvgIpc) is 3.60. The van der Waals surface area contributed by atoms with Gasteiger partial charge in [-0.25, -0.2) is 9.97 Å². The first-order chi connectivity index (χ1) is 26.6. The minimum absolute atomic E-state index is 0.704. The topological polar surface area (TPSA) is 77.8 Å². The zero-order chi connectivity index (χ0) is 36.2. The standard InChI is InChI=1S/C49H34N4O/c1-2-3-7-30-13-14-32-17-21-42(52-47(32)46(30)50)38-10-4-8-34(26-38)36-19-23-44-40(28-36)41-29-37(20-24-45(41)54-44)35-9-5-11-39(27-35)43-22-18-33-16-15-31-12-6-25-51-48(31)49(33)53-43/h3-29H,2,50H2,1H3/b7-3-. The molecule has 0 amide bonds. The Labute approximate surface area is 312 Å². The summed E-state index contributed by atoms with van der Waals surface area (Å²) in [4.78, 5) is 14.8. The van der Waals surface area contributed by atoms with E-state index in [1.165, 1.54) is 0 Å². The van der Waals surface area contributed by atoms with Gasteiger partial charge in [0.15, 0.2) is 0 Å². The summed E-state index contributed by atoms with van der Waals surface area (Å²) >= 11 is 0. The molecule has 4 aromatic heterocycles. The van der Waals surface area contributed by atoms with Crippen LogP contribution in [0.2, 0.25) is 0 Å². The van der Waals surface area contributed by atoms with E-state index < -0.39 is 0 Å². The third-order valence-electron chi connectivity index (χ3n) is 10.4. The van der Waals surface area contributed by atoms with E-state index in [0.29, 0.717) is 5.69 Å². The van der Waals surface area contributed by atoms with Gasteiger partial charge in [-0.15, -0.1) is 0 Å². The number of furan rings is 1. The van der Waals surface area contributed by atoms with Gasteiger partial charge in [-0.2, -0.15) is 0 Å². The van der Waals surface area contributed by atoms with E-state index in [1.54, 1.807) is 0 Å². The molecule has 0 bridgehead atoms. The molecule has 0 unspecified atom stereocenters. The molecule has 54 heavy (non-hydrogen) atoms. The summed E-state index contributed by atoms with van der Waals surface area (Å²) in [5.41, 5.74) is 21.0. The molecule has 6 aromatic carbocycles. The number of allylic oxidation sites excluding steroid dienone is 1. The molecule has 5 nitrogen and oxygen atoms in total. The maximum absolute atomic E-state index is 6.60. The van der Waals surface area contributed by atoms with E-state index in [1.807, 2.05) is 12.3 Å². The van der Waals surface area contributed by atoms with Crippen LogP contribution in [0.3, 0.4) is 0 Å². The number of aromatic nitrogens is 3. The van der Waals surface area contributed by atoms with Crippen molar-refractivity contribution in [1.29, 1.82) is 0 Å². The highest BCUT2D eigenvalue weighted by Gasteiger charge is 2.13. The zero-order valence-corrected chi connectivity index (χ0v) is 29.6. The van der Waals surface area contributed by atoms with E-state index >= 15 is 0 Å². The molecule has 256 valence electrons. The third kappa shape index (κ3) is 5.46. The largest absolute Gasteiger partial charge is 0.456 e. The van der Waals surface area contributed by atoms with Crippen molar-refractivity contribution in [2.75, 3.05) is 5.73 Å². The van der Waals surface area contributed by atoms with Gasteiger partial charge in [-0.05, 0) is 88.8 Å². The zero-order valence-electron chi connectivity index (χ0n) is 29.6. The van der Waals surface area contributed by atoms with Gasteiger partial charge < -0.3 is 10.2 Å². The molecule has 10 rings (SSSR count). The molecule has 0 radical (unpaired) electrons. The number of anilines is 1. The van der Waals surface area contributed by atoms with Crippen molar-refractivity contribution >= 4 is 66.4 Å². The van der Waals surface area contributed by atoms with Crippen LogP contribution in [0.4, 0.5) is 5.69 Å². The second-order valence-corrected chi connectivity index (χ2v) is 13.7. The molecular formula is C49H34N4O. The molecule has 0 aliphatic heterocycles. The molecule has 0 saturated heterocycles. The van der Waals surface area contributed by atoms with E-state index in [2.05, 4.69) is 164 Å². The SMILES string of the molecule is CC/C=C\c1ccc2ccc(-c3cccc(-c4ccc5oc6ccc(-c7cccc(-c8ccc9ccc%10cccnc%10c9n8)c7)cc6c5c4)c3)nc2c1N. The fourth-order valence-corrected chi connectivity index (χ4v) is 7.51. The van der Waals surface area contributed by atoms with Crippen molar-refractivity contribution < 1.29 is 4.42 Å². The van der Waals surface area contributed by atoms with Crippen molar-refractivity contribution in [3.05, 3.63) is 163 Å². The highest BCUT2D eigenvalue weighted by molar-refractivity contribution is 6.08. The van der Waals surface area contributed by atoms with E-state index in [0.717, 1.165) is 111 Å². The second-order valence-electron chi connectivity index (χ2n) is 13.7. The number of benzene rings is 6. The lowest BCUT2D eigenvalue weighted by Gasteiger charge is -2.10. The van der Waals surface area contributed by atoms with Gasteiger partial charge in [0, 0.05) is 44.3 Å². The van der Waals surface area contributed by atoms with Crippen LogP contribution in [-0.2, 0) is 0 Å². The summed E-state index contributed by atoms with van der Waals surface area (Å²) < 4.78 is 6.34. The Morgan fingerprint density at radius 3 is 1.70 bits per heavy atom. The van der Waals surface area contributed by atoms with Crippen molar-refractivity contribution in [1.82, 2.24) is 15.0 Å². The molecule has 2 N–H and O–H groups in total. The van der Waals surface area contributed by atoms with Crippen LogP contribution in [0, 0.1) is 0 Å². The van der Waals surface area contributed by atoms with Gasteiger partial charge in [0.25, 0.3) is 0 Å². The highest BCUT2D eigenvalue weighted by atomic mass is 16.3. The molecular weight excluding hydrogens is 661 g/mol. The highest BCUT2D eigenvalue weighted by Crippen LogP contribution is 2.37. The Morgan fingerprint density at radius 1 is 0.519 bits per heavy atom. The summed E-state index contributed by atoms with van der Waals surface area (Å²) in [5, 5.41) is 5.34. The van der Waals surface area contributed by atoms with Crippen molar-refractivity contribution in [2.24, 2.45) is 0 Å². The van der Waals surface area contributed by atoms with Crippen molar-refractivity contribution in [3.63, 3.8) is 0 Å². The van der Waals surface area contributed by atoms with E-state index in [9.17, 15) is 0 Å². The number of pyridine rings is 3. The number of fused-ring (bicyclic) bond motifs is 7. The fourth-order valence-electron chi connectivity index (χ4n) is 7.51. The lowest BCUT2D eigenvalue weighted by atomic mass is 9.97. The Hall–Kier alpha value is -7.11. The van der Waals surface area contributed by atoms with Crippen LogP contribution in [0.25, 0.3) is 105 Å². The normalized spacial score (nSPS) is 11.9. The predicted molar refractivity (Wildman–Crippen MR) is 225 cm³/mol. The van der Waals surface area contributed by atoms with Gasteiger partial charge in [0.05, 0.1) is 33.6 Å². The van der Waals surface area contributed by atoms with Gasteiger partial charge in [0.1, 0.15) is 11.2 Å². The summed E-state index contributed by atoms with van der Waals surface area (Å²) in [6, 6.07) is 50.8. The molecule has 0 aliphatic rings. The molecule has 5 heteroatoms. The van der Waals surface area contributed by atoms with Gasteiger partial charge >= 0.3 is 0 Å². The maximum Gasteiger partial charge on any atom is 0.135 e. The van der Waals surface area contributed by atoms with Crippen molar-refractivity contribution in [2.45, 2.75) is 13.3 Å². The lowest BCUT2D eigenvalue weighted by molar-refractivity contribution is 0.669.